The monoisotopic (exact) mass is 238 g/mol. The average Bonchev–Trinajstić information content (AvgIpc) is 2.67. The first-order valence-electron chi connectivity index (χ1n) is 6.67. The summed E-state index contributed by atoms with van der Waals surface area (Å²) in [6, 6.07) is 2.77. The van der Waals surface area contributed by atoms with E-state index in [1.165, 1.54) is 44.2 Å². The standard InChI is InChI=1S/C15H20F2/c1-2-3-4-5-6-11-7-12-9-14(16)15(17)10-13(12)8-11/h9-11H,2-8H2,1H3. The molecule has 94 valence electrons. The third-order valence-electron chi connectivity index (χ3n) is 3.73. The molecule has 0 aromatic heterocycles. The first kappa shape index (κ1) is 12.5. The molecule has 17 heavy (non-hydrogen) atoms. The Morgan fingerprint density at radius 1 is 1.00 bits per heavy atom. The van der Waals surface area contributed by atoms with E-state index < -0.39 is 11.6 Å². The molecule has 1 aromatic rings. The summed E-state index contributed by atoms with van der Waals surface area (Å²) in [5.41, 5.74) is 2.04. The average molecular weight is 238 g/mol. The van der Waals surface area contributed by atoms with E-state index in [1.54, 1.807) is 0 Å². The van der Waals surface area contributed by atoms with Gasteiger partial charge in [0, 0.05) is 0 Å². The molecular weight excluding hydrogens is 218 g/mol. The number of rotatable bonds is 5. The molecule has 2 heteroatoms. The van der Waals surface area contributed by atoms with E-state index in [1.807, 2.05) is 0 Å². The maximum atomic E-state index is 13.1. The van der Waals surface area contributed by atoms with Gasteiger partial charge in [-0.15, -0.1) is 0 Å². The summed E-state index contributed by atoms with van der Waals surface area (Å²) in [5, 5.41) is 0. The summed E-state index contributed by atoms with van der Waals surface area (Å²) >= 11 is 0. The molecule has 1 aromatic carbocycles. The molecule has 1 aliphatic carbocycles. The second kappa shape index (κ2) is 5.61. The molecule has 0 nitrogen and oxygen atoms in total. The number of halogens is 2. The van der Waals surface area contributed by atoms with Gasteiger partial charge in [-0.25, -0.2) is 8.78 Å². The lowest BCUT2D eigenvalue weighted by atomic mass is 9.98. The fourth-order valence-corrected chi connectivity index (χ4v) is 2.77. The Balaban J connectivity index is 1.88. The van der Waals surface area contributed by atoms with Gasteiger partial charge in [0.1, 0.15) is 0 Å². The van der Waals surface area contributed by atoms with Crippen LogP contribution in [0.15, 0.2) is 12.1 Å². The van der Waals surface area contributed by atoms with Crippen molar-refractivity contribution in [1.29, 1.82) is 0 Å². The van der Waals surface area contributed by atoms with Crippen LogP contribution < -0.4 is 0 Å². The van der Waals surface area contributed by atoms with Crippen molar-refractivity contribution in [3.05, 3.63) is 34.9 Å². The van der Waals surface area contributed by atoms with Gasteiger partial charge in [0.15, 0.2) is 11.6 Å². The third-order valence-corrected chi connectivity index (χ3v) is 3.73. The maximum absolute atomic E-state index is 13.1. The minimum Gasteiger partial charge on any atom is -0.204 e. The Hall–Kier alpha value is -0.920. The highest BCUT2D eigenvalue weighted by molar-refractivity contribution is 5.33. The van der Waals surface area contributed by atoms with E-state index in [2.05, 4.69) is 6.92 Å². The van der Waals surface area contributed by atoms with E-state index in [9.17, 15) is 8.78 Å². The summed E-state index contributed by atoms with van der Waals surface area (Å²) in [6.45, 7) is 2.21. The molecule has 0 saturated heterocycles. The molecule has 0 fully saturated rings. The van der Waals surface area contributed by atoms with Crippen LogP contribution in [-0.4, -0.2) is 0 Å². The van der Waals surface area contributed by atoms with Crippen LogP contribution in [0.2, 0.25) is 0 Å². The molecule has 0 bridgehead atoms. The molecular formula is C15H20F2. The lowest BCUT2D eigenvalue weighted by molar-refractivity contribution is 0.474. The molecule has 0 N–H and O–H groups in total. The Morgan fingerprint density at radius 2 is 1.59 bits per heavy atom. The van der Waals surface area contributed by atoms with Gasteiger partial charge in [0.2, 0.25) is 0 Å². The fraction of sp³-hybridized carbons (Fsp3) is 0.600. The normalized spacial score (nSPS) is 15.2. The summed E-state index contributed by atoms with van der Waals surface area (Å²) in [5.74, 6) is -0.797. The Kier molecular flexibility index (Phi) is 4.14. The molecule has 1 aliphatic rings. The van der Waals surface area contributed by atoms with E-state index in [-0.39, 0.29) is 0 Å². The predicted molar refractivity (Wildman–Crippen MR) is 66.0 cm³/mol. The van der Waals surface area contributed by atoms with Crippen LogP contribution in [0.4, 0.5) is 8.78 Å². The maximum Gasteiger partial charge on any atom is 0.159 e. The van der Waals surface area contributed by atoms with Gasteiger partial charge in [-0.3, -0.25) is 0 Å². The molecule has 0 aliphatic heterocycles. The summed E-state index contributed by atoms with van der Waals surface area (Å²) < 4.78 is 26.2. The van der Waals surface area contributed by atoms with Crippen LogP contribution in [0.1, 0.15) is 50.2 Å². The molecule has 0 atom stereocenters. The van der Waals surface area contributed by atoms with Gasteiger partial charge in [0.05, 0.1) is 0 Å². The van der Waals surface area contributed by atoms with Crippen molar-refractivity contribution in [2.24, 2.45) is 5.92 Å². The summed E-state index contributed by atoms with van der Waals surface area (Å²) in [7, 11) is 0. The van der Waals surface area contributed by atoms with E-state index in [4.69, 9.17) is 0 Å². The topological polar surface area (TPSA) is 0 Å². The lowest BCUT2D eigenvalue weighted by Gasteiger charge is -2.07. The van der Waals surface area contributed by atoms with E-state index in [0.717, 1.165) is 24.0 Å². The second-order valence-electron chi connectivity index (χ2n) is 5.16. The molecule has 0 spiro atoms. The zero-order chi connectivity index (χ0) is 12.3. The quantitative estimate of drug-likeness (QED) is 0.655. The van der Waals surface area contributed by atoms with Crippen LogP contribution >= 0.6 is 0 Å². The van der Waals surface area contributed by atoms with Crippen LogP contribution in [0.5, 0.6) is 0 Å². The van der Waals surface area contributed by atoms with Crippen LogP contribution in [0.25, 0.3) is 0 Å². The van der Waals surface area contributed by atoms with Crippen molar-refractivity contribution >= 4 is 0 Å². The van der Waals surface area contributed by atoms with Gasteiger partial charge in [-0.1, -0.05) is 32.6 Å². The minimum absolute atomic E-state index is 0.600. The highest BCUT2D eigenvalue weighted by Crippen LogP contribution is 2.31. The molecule has 0 radical (unpaired) electrons. The smallest absolute Gasteiger partial charge is 0.159 e. The fourth-order valence-electron chi connectivity index (χ4n) is 2.77. The zero-order valence-electron chi connectivity index (χ0n) is 10.4. The van der Waals surface area contributed by atoms with Crippen LogP contribution in [0, 0.1) is 17.6 Å². The van der Waals surface area contributed by atoms with Gasteiger partial charge in [0.25, 0.3) is 0 Å². The first-order valence-corrected chi connectivity index (χ1v) is 6.67. The van der Waals surface area contributed by atoms with Crippen LogP contribution in [0.3, 0.4) is 0 Å². The van der Waals surface area contributed by atoms with Crippen molar-refractivity contribution in [3.8, 4) is 0 Å². The number of unbranched alkanes of at least 4 members (excludes halogenated alkanes) is 3. The SMILES string of the molecule is CCCCCCC1Cc2cc(F)c(F)cc2C1. The Labute approximate surface area is 102 Å². The molecule has 2 rings (SSSR count). The largest absolute Gasteiger partial charge is 0.204 e. The highest BCUT2D eigenvalue weighted by atomic mass is 19.2. The summed E-state index contributed by atoms with van der Waals surface area (Å²) in [6.07, 6.45) is 8.13. The van der Waals surface area contributed by atoms with Gasteiger partial charge >= 0.3 is 0 Å². The Morgan fingerprint density at radius 3 is 2.12 bits per heavy atom. The predicted octanol–water partition coefficient (Wildman–Crippen LogP) is 4.65. The molecule has 0 amide bonds. The van der Waals surface area contributed by atoms with Gasteiger partial charge in [-0.05, 0) is 48.4 Å². The number of hydrogen-bond donors (Lipinski definition) is 0. The molecule has 0 unspecified atom stereocenters. The van der Waals surface area contributed by atoms with Crippen molar-refractivity contribution in [2.75, 3.05) is 0 Å². The highest BCUT2D eigenvalue weighted by Gasteiger charge is 2.22. The van der Waals surface area contributed by atoms with Crippen LogP contribution in [-0.2, 0) is 12.8 Å². The van der Waals surface area contributed by atoms with Crippen molar-refractivity contribution < 1.29 is 8.78 Å². The first-order chi connectivity index (χ1) is 8.20. The second-order valence-corrected chi connectivity index (χ2v) is 5.16. The van der Waals surface area contributed by atoms with Gasteiger partial charge < -0.3 is 0 Å². The lowest BCUT2D eigenvalue weighted by Crippen LogP contribution is -1.99. The number of benzene rings is 1. The number of hydrogen-bond acceptors (Lipinski definition) is 0. The third kappa shape index (κ3) is 3.05. The van der Waals surface area contributed by atoms with Gasteiger partial charge in [-0.2, -0.15) is 0 Å². The van der Waals surface area contributed by atoms with Crippen molar-refractivity contribution in [2.45, 2.75) is 51.9 Å². The Bertz CT molecular complexity index is 354. The molecule has 0 saturated carbocycles. The van der Waals surface area contributed by atoms with Crippen molar-refractivity contribution in [3.63, 3.8) is 0 Å². The number of fused-ring (bicyclic) bond motifs is 1. The summed E-state index contributed by atoms with van der Waals surface area (Å²) in [4.78, 5) is 0. The van der Waals surface area contributed by atoms with E-state index in [0.29, 0.717) is 5.92 Å². The minimum atomic E-state index is -0.699. The van der Waals surface area contributed by atoms with Crippen molar-refractivity contribution in [1.82, 2.24) is 0 Å². The van der Waals surface area contributed by atoms with E-state index >= 15 is 0 Å². The molecule has 0 heterocycles. The zero-order valence-corrected chi connectivity index (χ0v) is 10.4.